The fraction of sp³-hybridized carbons (Fsp3) is 0.600. The van der Waals surface area contributed by atoms with Crippen LogP contribution in [-0.2, 0) is 4.79 Å². The molecule has 7 heavy (non-hydrogen) atoms. The standard InChI is InChI=1S/C5H9O2/c1-2-3-4-5(6)7/h1-4H2,(H,6,7). The van der Waals surface area contributed by atoms with E-state index < -0.39 is 5.97 Å². The third-order valence-electron chi connectivity index (χ3n) is 0.641. The highest BCUT2D eigenvalue weighted by Gasteiger charge is 1.90. The van der Waals surface area contributed by atoms with Gasteiger partial charge in [0.1, 0.15) is 0 Å². The summed E-state index contributed by atoms with van der Waals surface area (Å²) >= 11 is 0. The van der Waals surface area contributed by atoms with Gasteiger partial charge in [-0.05, 0) is 6.42 Å². The van der Waals surface area contributed by atoms with Crippen LogP contribution in [0.1, 0.15) is 19.3 Å². The molecule has 2 heteroatoms. The molecule has 0 unspecified atom stereocenters. The van der Waals surface area contributed by atoms with Gasteiger partial charge in [0.05, 0.1) is 0 Å². The van der Waals surface area contributed by atoms with Crippen LogP contribution in [0.15, 0.2) is 0 Å². The van der Waals surface area contributed by atoms with Crippen LogP contribution >= 0.6 is 0 Å². The molecule has 0 aliphatic heterocycles. The monoisotopic (exact) mass is 101 g/mol. The van der Waals surface area contributed by atoms with Crippen molar-refractivity contribution in [3.8, 4) is 0 Å². The molecular weight excluding hydrogens is 92.1 g/mol. The maximum Gasteiger partial charge on any atom is 0.303 e. The Hall–Kier alpha value is -0.530. The molecule has 1 N–H and O–H groups in total. The maximum absolute atomic E-state index is 9.73. The molecule has 0 heterocycles. The summed E-state index contributed by atoms with van der Waals surface area (Å²) in [6, 6.07) is 0. The molecular formula is C5H9O2. The van der Waals surface area contributed by atoms with Crippen molar-refractivity contribution in [2.24, 2.45) is 0 Å². The van der Waals surface area contributed by atoms with E-state index >= 15 is 0 Å². The quantitative estimate of drug-likeness (QED) is 0.577. The molecule has 0 aromatic rings. The second-order valence-electron chi connectivity index (χ2n) is 1.35. The van der Waals surface area contributed by atoms with Crippen LogP contribution < -0.4 is 0 Å². The lowest BCUT2D eigenvalue weighted by Crippen LogP contribution is -1.91. The molecule has 0 saturated heterocycles. The van der Waals surface area contributed by atoms with Gasteiger partial charge in [-0.1, -0.05) is 13.3 Å². The number of carboxylic acid groups (broad SMARTS) is 1. The number of unbranched alkanes of at least 4 members (excludes halogenated alkanes) is 1. The van der Waals surface area contributed by atoms with Gasteiger partial charge in [-0.3, -0.25) is 4.79 Å². The maximum atomic E-state index is 9.73. The van der Waals surface area contributed by atoms with Gasteiger partial charge < -0.3 is 5.11 Å². The summed E-state index contributed by atoms with van der Waals surface area (Å²) < 4.78 is 0. The Morgan fingerprint density at radius 2 is 2.29 bits per heavy atom. The van der Waals surface area contributed by atoms with E-state index in [-0.39, 0.29) is 6.42 Å². The summed E-state index contributed by atoms with van der Waals surface area (Å²) in [5, 5.41) is 8.02. The molecule has 0 aliphatic rings. The third kappa shape index (κ3) is 5.47. The lowest BCUT2D eigenvalue weighted by Gasteiger charge is -1.85. The highest BCUT2D eigenvalue weighted by atomic mass is 16.4. The fourth-order valence-electron chi connectivity index (χ4n) is 0.276. The normalized spacial score (nSPS) is 8.71. The summed E-state index contributed by atoms with van der Waals surface area (Å²) in [4.78, 5) is 9.73. The summed E-state index contributed by atoms with van der Waals surface area (Å²) in [6.07, 6.45) is 1.66. The van der Waals surface area contributed by atoms with Crippen molar-refractivity contribution >= 4 is 5.97 Å². The molecule has 0 aliphatic carbocycles. The Morgan fingerprint density at radius 1 is 1.71 bits per heavy atom. The summed E-state index contributed by atoms with van der Waals surface area (Å²) in [5.41, 5.74) is 0. The molecule has 0 atom stereocenters. The molecule has 0 rings (SSSR count). The molecule has 0 aromatic carbocycles. The number of hydrogen-bond acceptors (Lipinski definition) is 1. The highest BCUT2D eigenvalue weighted by molar-refractivity contribution is 5.66. The van der Waals surface area contributed by atoms with Gasteiger partial charge in [-0.15, -0.1) is 0 Å². The first-order chi connectivity index (χ1) is 3.27. The SMILES string of the molecule is [CH2]CCCC(=O)O. The van der Waals surface area contributed by atoms with Crippen molar-refractivity contribution in [1.29, 1.82) is 0 Å². The zero-order valence-electron chi connectivity index (χ0n) is 4.18. The van der Waals surface area contributed by atoms with Crippen LogP contribution in [0.4, 0.5) is 0 Å². The number of hydrogen-bond donors (Lipinski definition) is 1. The highest BCUT2D eigenvalue weighted by Crippen LogP contribution is 1.90. The van der Waals surface area contributed by atoms with E-state index in [1.165, 1.54) is 0 Å². The minimum absolute atomic E-state index is 0.253. The van der Waals surface area contributed by atoms with E-state index in [1.807, 2.05) is 0 Å². The largest absolute Gasteiger partial charge is 0.481 e. The molecule has 0 saturated carbocycles. The summed E-state index contributed by atoms with van der Waals surface area (Å²) in [5.74, 6) is -0.733. The number of carboxylic acids is 1. The van der Waals surface area contributed by atoms with Gasteiger partial charge in [0.15, 0.2) is 0 Å². The Balaban J connectivity index is 2.82. The van der Waals surface area contributed by atoms with E-state index in [0.29, 0.717) is 12.8 Å². The van der Waals surface area contributed by atoms with E-state index in [1.54, 1.807) is 0 Å². The van der Waals surface area contributed by atoms with Crippen molar-refractivity contribution < 1.29 is 9.90 Å². The van der Waals surface area contributed by atoms with Crippen LogP contribution in [-0.4, -0.2) is 11.1 Å². The Kier molecular flexibility index (Phi) is 3.38. The van der Waals surface area contributed by atoms with Crippen LogP contribution in [0.2, 0.25) is 0 Å². The van der Waals surface area contributed by atoms with Crippen molar-refractivity contribution in [2.75, 3.05) is 0 Å². The lowest BCUT2D eigenvalue weighted by atomic mass is 10.3. The molecule has 0 bridgehead atoms. The van der Waals surface area contributed by atoms with E-state index in [0.717, 1.165) is 0 Å². The van der Waals surface area contributed by atoms with Crippen LogP contribution in [0.5, 0.6) is 0 Å². The number of rotatable bonds is 3. The van der Waals surface area contributed by atoms with Gasteiger partial charge in [0.2, 0.25) is 0 Å². The molecule has 0 spiro atoms. The van der Waals surface area contributed by atoms with Gasteiger partial charge in [0, 0.05) is 6.42 Å². The third-order valence-corrected chi connectivity index (χ3v) is 0.641. The molecule has 1 radical (unpaired) electrons. The first-order valence-corrected chi connectivity index (χ1v) is 2.28. The smallest absolute Gasteiger partial charge is 0.303 e. The van der Waals surface area contributed by atoms with Gasteiger partial charge in [-0.2, -0.15) is 0 Å². The Morgan fingerprint density at radius 3 is 2.43 bits per heavy atom. The topological polar surface area (TPSA) is 37.3 Å². The molecule has 0 fully saturated rings. The predicted molar refractivity (Wildman–Crippen MR) is 26.8 cm³/mol. The van der Waals surface area contributed by atoms with Crippen LogP contribution in [0.25, 0.3) is 0 Å². The molecule has 41 valence electrons. The molecule has 0 amide bonds. The Labute approximate surface area is 43.2 Å². The van der Waals surface area contributed by atoms with Crippen LogP contribution in [0.3, 0.4) is 0 Å². The average molecular weight is 101 g/mol. The average Bonchev–Trinajstić information content (AvgIpc) is 1.61. The van der Waals surface area contributed by atoms with E-state index in [4.69, 9.17) is 5.11 Å². The fourth-order valence-corrected chi connectivity index (χ4v) is 0.276. The van der Waals surface area contributed by atoms with Gasteiger partial charge in [-0.25, -0.2) is 0 Å². The van der Waals surface area contributed by atoms with E-state index in [9.17, 15) is 4.79 Å². The lowest BCUT2D eigenvalue weighted by molar-refractivity contribution is -0.137. The molecule has 0 aromatic heterocycles. The summed E-state index contributed by atoms with van der Waals surface area (Å²) in [7, 11) is 0. The molecule has 2 nitrogen and oxygen atoms in total. The van der Waals surface area contributed by atoms with Crippen molar-refractivity contribution in [3.05, 3.63) is 6.92 Å². The minimum Gasteiger partial charge on any atom is -0.481 e. The first kappa shape index (κ1) is 6.47. The first-order valence-electron chi connectivity index (χ1n) is 2.28. The zero-order valence-corrected chi connectivity index (χ0v) is 4.18. The second-order valence-corrected chi connectivity index (χ2v) is 1.35. The van der Waals surface area contributed by atoms with Crippen molar-refractivity contribution in [3.63, 3.8) is 0 Å². The number of carbonyl (C=O) groups is 1. The zero-order chi connectivity index (χ0) is 5.70. The Bertz CT molecular complexity index is 59.1. The number of aliphatic carboxylic acids is 1. The van der Waals surface area contributed by atoms with Crippen molar-refractivity contribution in [2.45, 2.75) is 19.3 Å². The summed E-state index contributed by atoms with van der Waals surface area (Å²) in [6.45, 7) is 3.49. The van der Waals surface area contributed by atoms with E-state index in [2.05, 4.69) is 6.92 Å². The second kappa shape index (κ2) is 3.65. The predicted octanol–water partition coefficient (Wildman–Crippen LogP) is 1.08. The van der Waals surface area contributed by atoms with Gasteiger partial charge in [0.25, 0.3) is 0 Å². The van der Waals surface area contributed by atoms with Gasteiger partial charge >= 0.3 is 5.97 Å². The minimum atomic E-state index is -0.733. The van der Waals surface area contributed by atoms with Crippen LogP contribution in [0, 0.1) is 6.92 Å². The van der Waals surface area contributed by atoms with Crippen molar-refractivity contribution in [1.82, 2.24) is 0 Å².